The van der Waals surface area contributed by atoms with Gasteiger partial charge in [-0.2, -0.15) is 0 Å². The second-order valence-electron chi connectivity index (χ2n) is 7.66. The van der Waals surface area contributed by atoms with Gasteiger partial charge < -0.3 is 20.3 Å². The van der Waals surface area contributed by atoms with Crippen LogP contribution in [0, 0.1) is 11.8 Å². The first-order chi connectivity index (χ1) is 10.7. The molecule has 2 N–H and O–H groups in total. The second-order valence-corrected chi connectivity index (χ2v) is 7.66. The van der Waals surface area contributed by atoms with E-state index in [4.69, 9.17) is 4.74 Å². The third-order valence-electron chi connectivity index (χ3n) is 3.63. The third-order valence-corrected chi connectivity index (χ3v) is 3.63. The Morgan fingerprint density at radius 1 is 1.33 bits per heavy atom. The number of nitrogens with one attached hydrogen (secondary N) is 2. The smallest absolute Gasteiger partial charge is 0.410 e. The molecule has 1 aliphatic rings. The molecule has 1 aliphatic heterocycles. The average Bonchev–Trinajstić information content (AvgIpc) is 2.45. The summed E-state index contributed by atoms with van der Waals surface area (Å²) in [6, 6.07) is 0. The van der Waals surface area contributed by atoms with Crippen LogP contribution in [0.4, 0.5) is 4.79 Å². The zero-order valence-electron chi connectivity index (χ0n) is 16.0. The normalized spacial score (nSPS) is 18.9. The number of piperidine rings is 1. The van der Waals surface area contributed by atoms with Gasteiger partial charge >= 0.3 is 6.09 Å². The number of guanidine groups is 1. The fourth-order valence-corrected chi connectivity index (χ4v) is 2.49. The molecular weight excluding hydrogens is 419 g/mol. The van der Waals surface area contributed by atoms with Gasteiger partial charge in [-0.15, -0.1) is 24.0 Å². The van der Waals surface area contributed by atoms with E-state index in [2.05, 4.69) is 29.5 Å². The first-order valence-corrected chi connectivity index (χ1v) is 8.63. The SMILES string of the molecule is CN=C(NCC(C)C)NCC1CCCN(C(=O)OC(C)(C)C)C1.I. The minimum absolute atomic E-state index is 0. The van der Waals surface area contributed by atoms with Gasteiger partial charge in [0.1, 0.15) is 5.60 Å². The maximum atomic E-state index is 12.2. The molecule has 24 heavy (non-hydrogen) atoms. The minimum atomic E-state index is -0.439. The third kappa shape index (κ3) is 9.54. The highest BCUT2D eigenvalue weighted by atomic mass is 127. The Labute approximate surface area is 164 Å². The minimum Gasteiger partial charge on any atom is -0.444 e. The van der Waals surface area contributed by atoms with Crippen LogP contribution in [0.3, 0.4) is 0 Å². The van der Waals surface area contributed by atoms with Crippen molar-refractivity contribution in [3.05, 3.63) is 0 Å². The van der Waals surface area contributed by atoms with Crippen LogP contribution in [-0.4, -0.2) is 55.8 Å². The molecule has 0 bridgehead atoms. The first kappa shape index (κ1) is 23.3. The van der Waals surface area contributed by atoms with Crippen molar-refractivity contribution in [2.24, 2.45) is 16.8 Å². The fraction of sp³-hybridized carbons (Fsp3) is 0.882. The summed E-state index contributed by atoms with van der Waals surface area (Å²) in [6.45, 7) is 13.3. The van der Waals surface area contributed by atoms with Gasteiger partial charge in [0.2, 0.25) is 0 Å². The summed E-state index contributed by atoms with van der Waals surface area (Å²) in [6.07, 6.45) is 1.93. The number of aliphatic imine (C=N–C) groups is 1. The Bertz CT molecular complexity index is 408. The van der Waals surface area contributed by atoms with Crippen LogP contribution in [0.25, 0.3) is 0 Å². The molecule has 0 spiro atoms. The lowest BCUT2D eigenvalue weighted by Gasteiger charge is -2.34. The number of rotatable bonds is 4. The van der Waals surface area contributed by atoms with Crippen LogP contribution in [0.5, 0.6) is 0 Å². The van der Waals surface area contributed by atoms with Crippen molar-refractivity contribution in [2.75, 3.05) is 33.2 Å². The van der Waals surface area contributed by atoms with Crippen molar-refractivity contribution < 1.29 is 9.53 Å². The number of hydrogen-bond donors (Lipinski definition) is 2. The van der Waals surface area contributed by atoms with E-state index in [9.17, 15) is 4.79 Å². The number of carbonyl (C=O) groups is 1. The van der Waals surface area contributed by atoms with Gasteiger partial charge in [-0.05, 0) is 45.4 Å². The van der Waals surface area contributed by atoms with Crippen LogP contribution in [-0.2, 0) is 4.74 Å². The fourth-order valence-electron chi connectivity index (χ4n) is 2.49. The van der Waals surface area contributed by atoms with E-state index in [0.717, 1.165) is 45.0 Å². The van der Waals surface area contributed by atoms with Crippen LogP contribution in [0.15, 0.2) is 4.99 Å². The summed E-state index contributed by atoms with van der Waals surface area (Å²) in [7, 11) is 1.78. The first-order valence-electron chi connectivity index (χ1n) is 8.63. The lowest BCUT2D eigenvalue weighted by atomic mass is 9.98. The summed E-state index contributed by atoms with van der Waals surface area (Å²) >= 11 is 0. The van der Waals surface area contributed by atoms with Gasteiger partial charge in [0.15, 0.2) is 5.96 Å². The van der Waals surface area contributed by atoms with Crippen molar-refractivity contribution in [3.63, 3.8) is 0 Å². The molecule has 0 saturated carbocycles. The Morgan fingerprint density at radius 3 is 2.54 bits per heavy atom. The van der Waals surface area contributed by atoms with Crippen LogP contribution in [0.2, 0.25) is 0 Å². The molecule has 0 aromatic rings. The summed E-state index contributed by atoms with van der Waals surface area (Å²) in [4.78, 5) is 18.2. The average molecular weight is 454 g/mol. The summed E-state index contributed by atoms with van der Waals surface area (Å²) in [5.41, 5.74) is -0.439. The molecule has 0 aromatic heterocycles. The van der Waals surface area contributed by atoms with Gasteiger partial charge in [0.05, 0.1) is 0 Å². The molecule has 7 heteroatoms. The van der Waals surface area contributed by atoms with Crippen molar-refractivity contribution >= 4 is 36.0 Å². The highest BCUT2D eigenvalue weighted by Gasteiger charge is 2.27. The van der Waals surface area contributed by atoms with E-state index < -0.39 is 5.60 Å². The topological polar surface area (TPSA) is 66.0 Å². The number of amides is 1. The van der Waals surface area contributed by atoms with Crippen LogP contribution >= 0.6 is 24.0 Å². The van der Waals surface area contributed by atoms with E-state index in [1.54, 1.807) is 7.05 Å². The zero-order valence-corrected chi connectivity index (χ0v) is 18.3. The van der Waals surface area contributed by atoms with E-state index in [0.29, 0.717) is 11.8 Å². The highest BCUT2D eigenvalue weighted by Crippen LogP contribution is 2.18. The monoisotopic (exact) mass is 454 g/mol. The largest absolute Gasteiger partial charge is 0.444 e. The Hall–Kier alpha value is -0.730. The summed E-state index contributed by atoms with van der Waals surface area (Å²) in [5.74, 6) is 1.83. The maximum Gasteiger partial charge on any atom is 0.410 e. The second kappa shape index (κ2) is 11.0. The Balaban J connectivity index is 0.00000529. The van der Waals surface area contributed by atoms with Gasteiger partial charge in [0.25, 0.3) is 0 Å². The molecule has 1 amide bonds. The molecular formula is C17H35IN4O2. The number of hydrogen-bond acceptors (Lipinski definition) is 3. The summed E-state index contributed by atoms with van der Waals surface area (Å²) < 4.78 is 5.47. The number of nitrogens with zero attached hydrogens (tertiary/aromatic N) is 2. The molecule has 6 nitrogen and oxygen atoms in total. The molecule has 1 heterocycles. The number of likely N-dealkylation sites (tertiary alicyclic amines) is 1. The van der Waals surface area contributed by atoms with E-state index in [1.165, 1.54) is 0 Å². The molecule has 0 radical (unpaired) electrons. The van der Waals surface area contributed by atoms with Crippen molar-refractivity contribution in [3.8, 4) is 0 Å². The number of ether oxygens (including phenoxy) is 1. The molecule has 1 unspecified atom stereocenters. The van der Waals surface area contributed by atoms with Crippen LogP contribution in [0.1, 0.15) is 47.5 Å². The predicted octanol–water partition coefficient (Wildman–Crippen LogP) is 3.07. The zero-order chi connectivity index (χ0) is 17.5. The van der Waals surface area contributed by atoms with Gasteiger partial charge in [0, 0.05) is 33.2 Å². The molecule has 1 saturated heterocycles. The Kier molecular flexibility index (Phi) is 10.7. The lowest BCUT2D eigenvalue weighted by Crippen LogP contribution is -2.47. The molecule has 1 atom stereocenters. The summed E-state index contributed by atoms with van der Waals surface area (Å²) in [5, 5.41) is 6.67. The lowest BCUT2D eigenvalue weighted by molar-refractivity contribution is 0.0168. The van der Waals surface area contributed by atoms with Crippen LogP contribution < -0.4 is 10.6 Å². The van der Waals surface area contributed by atoms with Crippen molar-refractivity contribution in [1.82, 2.24) is 15.5 Å². The van der Waals surface area contributed by atoms with E-state index in [-0.39, 0.29) is 30.1 Å². The molecule has 1 fully saturated rings. The quantitative estimate of drug-likeness (QED) is 0.389. The van der Waals surface area contributed by atoms with Gasteiger partial charge in [-0.3, -0.25) is 4.99 Å². The van der Waals surface area contributed by atoms with E-state index >= 15 is 0 Å². The standard InChI is InChI=1S/C17H34N4O2.HI/c1-13(2)10-19-15(18-6)20-11-14-8-7-9-21(12-14)16(22)23-17(3,4)5;/h13-14H,7-12H2,1-6H3,(H2,18,19,20);1H. The van der Waals surface area contributed by atoms with Gasteiger partial charge in [-0.1, -0.05) is 13.8 Å². The molecule has 0 aliphatic carbocycles. The molecule has 0 aromatic carbocycles. The maximum absolute atomic E-state index is 12.2. The highest BCUT2D eigenvalue weighted by molar-refractivity contribution is 14.0. The van der Waals surface area contributed by atoms with Crippen molar-refractivity contribution in [1.29, 1.82) is 0 Å². The van der Waals surface area contributed by atoms with Crippen molar-refractivity contribution in [2.45, 2.75) is 53.1 Å². The predicted molar refractivity (Wildman–Crippen MR) is 110 cm³/mol. The van der Waals surface area contributed by atoms with Gasteiger partial charge in [-0.25, -0.2) is 4.79 Å². The number of halogens is 1. The Morgan fingerprint density at radius 2 is 2.00 bits per heavy atom. The number of carbonyl (C=O) groups excluding carboxylic acids is 1. The molecule has 1 rings (SSSR count). The van der Waals surface area contributed by atoms with E-state index in [1.807, 2.05) is 25.7 Å². The molecule has 142 valence electrons.